The van der Waals surface area contributed by atoms with Gasteiger partial charge < -0.3 is 9.64 Å². The summed E-state index contributed by atoms with van der Waals surface area (Å²) in [5, 5.41) is 0. The van der Waals surface area contributed by atoms with Gasteiger partial charge in [0.05, 0.1) is 23.7 Å². The molecule has 0 aliphatic carbocycles. The molecule has 5 nitrogen and oxygen atoms in total. The summed E-state index contributed by atoms with van der Waals surface area (Å²) in [5.74, 6) is 0.0993. The van der Waals surface area contributed by atoms with Crippen LogP contribution in [0.15, 0.2) is 42.5 Å². The Bertz CT molecular complexity index is 1010. The van der Waals surface area contributed by atoms with Gasteiger partial charge in [-0.15, -0.1) is 0 Å². The first-order valence-corrected chi connectivity index (χ1v) is 11.0. The molecule has 0 spiro atoms. The van der Waals surface area contributed by atoms with Gasteiger partial charge in [-0.25, -0.2) is 19.2 Å². The average molecular weight is 424 g/mol. The molecule has 0 amide bonds. The number of carbonyl (C=O) groups excluding carboxylic acids is 1. The largest absolute Gasteiger partial charge is 0.465 e. The minimum absolute atomic E-state index is 0.281. The number of carbonyl (C=O) groups is 1. The SMILES string of the molecule is CCC.COC(=O)c1ccc2nc(-c3ccc(F)cc3)c(N3CCCCCC3)nc2c1. The molecule has 1 fully saturated rings. The van der Waals surface area contributed by atoms with Gasteiger partial charge in [0.25, 0.3) is 0 Å². The van der Waals surface area contributed by atoms with Gasteiger partial charge in [-0.3, -0.25) is 0 Å². The molecule has 0 bridgehead atoms. The molecule has 1 aliphatic rings. The van der Waals surface area contributed by atoms with Gasteiger partial charge in [0.2, 0.25) is 0 Å². The molecule has 4 rings (SSSR count). The Morgan fingerprint density at radius 2 is 1.61 bits per heavy atom. The molecule has 0 N–H and O–H groups in total. The maximum Gasteiger partial charge on any atom is 0.337 e. The summed E-state index contributed by atoms with van der Waals surface area (Å²) in [6, 6.07) is 11.5. The van der Waals surface area contributed by atoms with Crippen LogP contribution in [0.5, 0.6) is 0 Å². The van der Waals surface area contributed by atoms with Crippen molar-refractivity contribution in [2.45, 2.75) is 46.0 Å². The smallest absolute Gasteiger partial charge is 0.337 e. The number of esters is 1. The molecule has 31 heavy (non-hydrogen) atoms. The van der Waals surface area contributed by atoms with Crippen molar-refractivity contribution in [2.75, 3.05) is 25.1 Å². The molecular weight excluding hydrogens is 393 g/mol. The van der Waals surface area contributed by atoms with Crippen LogP contribution >= 0.6 is 0 Å². The summed E-state index contributed by atoms with van der Waals surface area (Å²) in [4.78, 5) is 23.9. The lowest BCUT2D eigenvalue weighted by Crippen LogP contribution is -2.26. The molecule has 1 aliphatic heterocycles. The fourth-order valence-electron chi connectivity index (χ4n) is 3.59. The second kappa shape index (κ2) is 10.8. The van der Waals surface area contributed by atoms with Crippen LogP contribution in [0, 0.1) is 5.82 Å². The summed E-state index contributed by atoms with van der Waals surface area (Å²) in [6.45, 7) is 6.07. The normalized spacial score (nSPS) is 13.9. The second-order valence-corrected chi connectivity index (χ2v) is 7.71. The first-order valence-electron chi connectivity index (χ1n) is 11.0. The van der Waals surface area contributed by atoms with E-state index in [1.54, 1.807) is 30.3 Å². The Balaban J connectivity index is 0.000000858. The molecule has 1 saturated heterocycles. The Morgan fingerprint density at radius 3 is 2.23 bits per heavy atom. The Hall–Kier alpha value is -3.02. The van der Waals surface area contributed by atoms with Gasteiger partial charge in [-0.05, 0) is 55.3 Å². The van der Waals surface area contributed by atoms with E-state index >= 15 is 0 Å². The number of hydrogen-bond acceptors (Lipinski definition) is 5. The Labute approximate surface area is 183 Å². The molecule has 2 aromatic carbocycles. The van der Waals surface area contributed by atoms with Crippen LogP contribution < -0.4 is 4.90 Å². The van der Waals surface area contributed by atoms with E-state index in [-0.39, 0.29) is 5.82 Å². The van der Waals surface area contributed by atoms with Crippen LogP contribution in [-0.4, -0.2) is 36.1 Å². The van der Waals surface area contributed by atoms with E-state index < -0.39 is 5.97 Å². The number of anilines is 1. The van der Waals surface area contributed by atoms with E-state index in [1.807, 2.05) is 0 Å². The highest BCUT2D eigenvalue weighted by atomic mass is 19.1. The first kappa shape index (κ1) is 22.7. The second-order valence-electron chi connectivity index (χ2n) is 7.71. The fraction of sp³-hybridized carbons (Fsp3) is 0.400. The number of fused-ring (bicyclic) bond motifs is 1. The van der Waals surface area contributed by atoms with Crippen molar-refractivity contribution in [1.29, 1.82) is 0 Å². The van der Waals surface area contributed by atoms with Crippen LogP contribution in [0.3, 0.4) is 0 Å². The van der Waals surface area contributed by atoms with Crippen molar-refractivity contribution in [1.82, 2.24) is 9.97 Å². The summed E-state index contributed by atoms with van der Waals surface area (Å²) in [5.41, 5.74) is 3.34. The van der Waals surface area contributed by atoms with Crippen molar-refractivity contribution in [3.63, 3.8) is 0 Å². The Morgan fingerprint density at radius 1 is 0.968 bits per heavy atom. The van der Waals surface area contributed by atoms with Crippen LogP contribution in [-0.2, 0) is 4.74 Å². The van der Waals surface area contributed by atoms with Gasteiger partial charge in [0.15, 0.2) is 5.82 Å². The topological polar surface area (TPSA) is 55.3 Å². The third-order valence-corrected chi connectivity index (χ3v) is 5.09. The molecular formula is C25H30FN3O2. The summed E-state index contributed by atoms with van der Waals surface area (Å²) in [6.07, 6.45) is 5.86. The average Bonchev–Trinajstić information content (AvgIpc) is 3.08. The van der Waals surface area contributed by atoms with E-state index in [0.29, 0.717) is 16.6 Å². The van der Waals surface area contributed by atoms with Crippen molar-refractivity contribution in [3.05, 3.63) is 53.8 Å². The van der Waals surface area contributed by atoms with E-state index in [9.17, 15) is 9.18 Å². The third-order valence-electron chi connectivity index (χ3n) is 5.09. The third kappa shape index (κ3) is 5.57. The van der Waals surface area contributed by atoms with E-state index in [0.717, 1.165) is 43.0 Å². The molecule has 1 aromatic heterocycles. The monoisotopic (exact) mass is 423 g/mol. The van der Waals surface area contributed by atoms with E-state index in [1.165, 1.54) is 38.5 Å². The zero-order valence-corrected chi connectivity index (χ0v) is 18.5. The van der Waals surface area contributed by atoms with Crippen LogP contribution in [0.1, 0.15) is 56.3 Å². The summed E-state index contributed by atoms with van der Waals surface area (Å²) in [7, 11) is 1.36. The zero-order chi connectivity index (χ0) is 22.2. The first-order chi connectivity index (χ1) is 15.1. The van der Waals surface area contributed by atoms with Crippen molar-refractivity contribution in [3.8, 4) is 11.3 Å². The number of ether oxygens (including phenoxy) is 1. The number of halogens is 1. The predicted molar refractivity (Wildman–Crippen MR) is 123 cm³/mol. The lowest BCUT2D eigenvalue weighted by molar-refractivity contribution is 0.0601. The van der Waals surface area contributed by atoms with E-state index in [4.69, 9.17) is 14.7 Å². The summed E-state index contributed by atoms with van der Waals surface area (Å²) >= 11 is 0. The van der Waals surface area contributed by atoms with Gasteiger partial charge in [-0.2, -0.15) is 0 Å². The quantitative estimate of drug-likeness (QED) is 0.482. The highest BCUT2D eigenvalue weighted by Crippen LogP contribution is 2.31. The Kier molecular flexibility index (Phi) is 7.93. The molecule has 0 atom stereocenters. The lowest BCUT2D eigenvalue weighted by Gasteiger charge is -2.24. The van der Waals surface area contributed by atoms with E-state index in [2.05, 4.69) is 18.7 Å². The maximum atomic E-state index is 13.4. The highest BCUT2D eigenvalue weighted by molar-refractivity contribution is 5.94. The molecule has 2 heterocycles. The maximum absolute atomic E-state index is 13.4. The minimum Gasteiger partial charge on any atom is -0.465 e. The van der Waals surface area contributed by atoms with Crippen LogP contribution in [0.25, 0.3) is 22.3 Å². The van der Waals surface area contributed by atoms with Crippen LogP contribution in [0.4, 0.5) is 10.2 Å². The molecule has 0 saturated carbocycles. The van der Waals surface area contributed by atoms with Crippen molar-refractivity contribution < 1.29 is 13.9 Å². The van der Waals surface area contributed by atoms with Gasteiger partial charge in [0.1, 0.15) is 11.5 Å². The number of nitrogens with zero attached hydrogens (tertiary/aromatic N) is 3. The zero-order valence-electron chi connectivity index (χ0n) is 18.5. The van der Waals surface area contributed by atoms with Gasteiger partial charge in [0, 0.05) is 18.7 Å². The minimum atomic E-state index is -0.400. The number of hydrogen-bond donors (Lipinski definition) is 0. The molecule has 0 unspecified atom stereocenters. The lowest BCUT2D eigenvalue weighted by atomic mass is 10.1. The molecule has 3 aromatic rings. The number of aromatic nitrogens is 2. The number of benzene rings is 2. The summed E-state index contributed by atoms with van der Waals surface area (Å²) < 4.78 is 18.2. The highest BCUT2D eigenvalue weighted by Gasteiger charge is 2.19. The van der Waals surface area contributed by atoms with Crippen LogP contribution in [0.2, 0.25) is 0 Å². The predicted octanol–water partition coefficient (Wildman–Crippen LogP) is 6.02. The molecule has 0 radical (unpaired) electrons. The van der Waals surface area contributed by atoms with Gasteiger partial charge >= 0.3 is 5.97 Å². The standard InChI is InChI=1S/C22H22FN3O2.C3H8/c1-28-22(27)16-8-11-18-19(14-16)25-21(26-12-4-2-3-5-13-26)20(24-18)15-6-9-17(23)10-7-15;1-3-2/h6-11,14H,2-5,12-13H2,1H3;3H2,1-2H3. The fourth-order valence-corrected chi connectivity index (χ4v) is 3.59. The van der Waals surface area contributed by atoms with Gasteiger partial charge in [-0.1, -0.05) is 33.1 Å². The number of rotatable bonds is 3. The van der Waals surface area contributed by atoms with Crippen molar-refractivity contribution >= 4 is 22.8 Å². The molecule has 6 heteroatoms. The molecule has 164 valence electrons. The number of methoxy groups -OCH3 is 1. The van der Waals surface area contributed by atoms with Crippen molar-refractivity contribution in [2.24, 2.45) is 0 Å².